The summed E-state index contributed by atoms with van der Waals surface area (Å²) in [6.07, 6.45) is 5.17. The van der Waals surface area contributed by atoms with Gasteiger partial charge >= 0.3 is 0 Å². The third kappa shape index (κ3) is 1.28. The first-order chi connectivity index (χ1) is 6.50. The number of imidazole rings is 1. The zero-order valence-electron chi connectivity index (χ0n) is 8.52. The molecular weight excluding hydrogens is 178 g/mol. The summed E-state index contributed by atoms with van der Waals surface area (Å²) in [5.41, 5.74) is 1.53. The van der Waals surface area contributed by atoms with Crippen molar-refractivity contribution in [2.45, 2.75) is 26.4 Å². The molecule has 0 bridgehead atoms. The van der Waals surface area contributed by atoms with Crippen LogP contribution in [-0.4, -0.2) is 19.5 Å². The lowest BCUT2D eigenvalue weighted by molar-refractivity contribution is 0.0722. The van der Waals surface area contributed by atoms with E-state index in [0.29, 0.717) is 0 Å². The number of hydrogen-bond acceptors (Lipinski definition) is 3. The minimum atomic E-state index is -0.884. The van der Waals surface area contributed by atoms with E-state index in [9.17, 15) is 5.11 Å². The second-order valence-electron chi connectivity index (χ2n) is 3.91. The fraction of sp³-hybridized carbons (Fsp3) is 0.400. The highest BCUT2D eigenvalue weighted by molar-refractivity contribution is 5.41. The molecule has 0 atom stereocenters. The lowest BCUT2D eigenvalue weighted by Crippen LogP contribution is -2.19. The van der Waals surface area contributed by atoms with Gasteiger partial charge in [-0.25, -0.2) is 4.98 Å². The SMILES string of the molecule is Cc1nc2cnccn2c1C(C)(C)O. The highest BCUT2D eigenvalue weighted by atomic mass is 16.3. The molecule has 2 heterocycles. The van der Waals surface area contributed by atoms with Gasteiger partial charge in [0.15, 0.2) is 5.65 Å². The van der Waals surface area contributed by atoms with Crippen LogP contribution < -0.4 is 0 Å². The molecule has 4 nitrogen and oxygen atoms in total. The molecule has 0 aliphatic carbocycles. The van der Waals surface area contributed by atoms with Crippen molar-refractivity contribution in [1.29, 1.82) is 0 Å². The molecular formula is C10H13N3O. The fourth-order valence-electron chi connectivity index (χ4n) is 1.76. The Hall–Kier alpha value is -1.42. The zero-order valence-corrected chi connectivity index (χ0v) is 8.52. The van der Waals surface area contributed by atoms with Crippen molar-refractivity contribution in [2.24, 2.45) is 0 Å². The Morgan fingerprint density at radius 3 is 2.79 bits per heavy atom. The molecule has 2 rings (SSSR count). The molecule has 0 aliphatic heterocycles. The molecule has 0 spiro atoms. The van der Waals surface area contributed by atoms with Gasteiger partial charge in [0.1, 0.15) is 5.60 Å². The molecule has 4 heteroatoms. The number of fused-ring (bicyclic) bond motifs is 1. The normalized spacial score (nSPS) is 12.3. The van der Waals surface area contributed by atoms with E-state index in [1.54, 1.807) is 26.2 Å². The molecule has 14 heavy (non-hydrogen) atoms. The van der Waals surface area contributed by atoms with E-state index in [1.807, 2.05) is 17.5 Å². The quantitative estimate of drug-likeness (QED) is 0.738. The third-order valence-electron chi connectivity index (χ3n) is 2.18. The summed E-state index contributed by atoms with van der Waals surface area (Å²) in [5.74, 6) is 0. The Morgan fingerprint density at radius 2 is 2.14 bits per heavy atom. The molecule has 0 radical (unpaired) electrons. The molecule has 0 saturated heterocycles. The number of aromatic nitrogens is 3. The average molecular weight is 191 g/mol. The van der Waals surface area contributed by atoms with Crippen molar-refractivity contribution in [3.8, 4) is 0 Å². The van der Waals surface area contributed by atoms with E-state index in [1.165, 1.54) is 0 Å². The predicted octanol–water partition coefficient (Wildman–Crippen LogP) is 1.27. The van der Waals surface area contributed by atoms with Crippen LogP contribution in [0.2, 0.25) is 0 Å². The molecule has 2 aromatic heterocycles. The van der Waals surface area contributed by atoms with Crippen molar-refractivity contribution in [1.82, 2.24) is 14.4 Å². The van der Waals surface area contributed by atoms with Crippen molar-refractivity contribution < 1.29 is 5.11 Å². The summed E-state index contributed by atoms with van der Waals surface area (Å²) in [4.78, 5) is 8.30. The molecule has 0 saturated carbocycles. The number of rotatable bonds is 1. The molecule has 0 aromatic carbocycles. The summed E-state index contributed by atoms with van der Waals surface area (Å²) in [5, 5.41) is 9.98. The zero-order chi connectivity index (χ0) is 10.3. The summed E-state index contributed by atoms with van der Waals surface area (Å²) in [6, 6.07) is 0. The maximum absolute atomic E-state index is 9.98. The molecule has 0 unspecified atom stereocenters. The predicted molar refractivity (Wildman–Crippen MR) is 53.0 cm³/mol. The lowest BCUT2D eigenvalue weighted by Gasteiger charge is -2.17. The molecule has 1 N–H and O–H groups in total. The second kappa shape index (κ2) is 2.78. The van der Waals surface area contributed by atoms with Crippen LogP contribution in [0.3, 0.4) is 0 Å². The van der Waals surface area contributed by atoms with E-state index in [-0.39, 0.29) is 0 Å². The fourth-order valence-corrected chi connectivity index (χ4v) is 1.76. The van der Waals surface area contributed by atoms with Crippen LogP contribution in [0, 0.1) is 6.92 Å². The maximum atomic E-state index is 9.98. The first-order valence-corrected chi connectivity index (χ1v) is 4.51. The van der Waals surface area contributed by atoms with Gasteiger partial charge in [-0.15, -0.1) is 0 Å². The first-order valence-electron chi connectivity index (χ1n) is 4.51. The highest BCUT2D eigenvalue weighted by Crippen LogP contribution is 2.23. The summed E-state index contributed by atoms with van der Waals surface area (Å²) >= 11 is 0. The Bertz CT molecular complexity index is 468. The third-order valence-corrected chi connectivity index (χ3v) is 2.18. The van der Waals surface area contributed by atoms with Crippen molar-refractivity contribution in [3.63, 3.8) is 0 Å². The Labute approximate surface area is 82.2 Å². The summed E-state index contributed by atoms with van der Waals surface area (Å²) in [6.45, 7) is 5.40. The molecule has 74 valence electrons. The second-order valence-corrected chi connectivity index (χ2v) is 3.91. The standard InChI is InChI=1S/C10H13N3O/c1-7-9(10(2,3)14)13-5-4-11-6-8(13)12-7/h4-6,14H,1-3H3. The minimum Gasteiger partial charge on any atom is -0.384 e. The van der Waals surface area contributed by atoms with Crippen LogP contribution in [0.25, 0.3) is 5.65 Å². The summed E-state index contributed by atoms with van der Waals surface area (Å²) < 4.78 is 1.86. The smallest absolute Gasteiger partial charge is 0.155 e. The largest absolute Gasteiger partial charge is 0.384 e. The van der Waals surface area contributed by atoms with Crippen LogP contribution in [0.15, 0.2) is 18.6 Å². The minimum absolute atomic E-state index is 0.766. The number of aryl methyl sites for hydroxylation is 1. The van der Waals surface area contributed by atoms with Gasteiger partial charge in [-0.2, -0.15) is 0 Å². The van der Waals surface area contributed by atoms with E-state index >= 15 is 0 Å². The van der Waals surface area contributed by atoms with Gasteiger partial charge in [-0.1, -0.05) is 0 Å². The van der Waals surface area contributed by atoms with Crippen LogP contribution in [0.4, 0.5) is 0 Å². The van der Waals surface area contributed by atoms with Crippen molar-refractivity contribution in [3.05, 3.63) is 30.0 Å². The Morgan fingerprint density at radius 1 is 1.43 bits per heavy atom. The van der Waals surface area contributed by atoms with Crippen molar-refractivity contribution in [2.75, 3.05) is 0 Å². The van der Waals surface area contributed by atoms with Crippen molar-refractivity contribution >= 4 is 5.65 Å². The van der Waals surface area contributed by atoms with Gasteiger partial charge < -0.3 is 5.11 Å². The monoisotopic (exact) mass is 191 g/mol. The lowest BCUT2D eigenvalue weighted by atomic mass is 10.0. The van der Waals surface area contributed by atoms with Gasteiger partial charge in [-0.3, -0.25) is 9.38 Å². The van der Waals surface area contributed by atoms with Crippen LogP contribution in [0.1, 0.15) is 25.2 Å². The van der Waals surface area contributed by atoms with Gasteiger partial charge in [-0.05, 0) is 20.8 Å². The molecule has 0 fully saturated rings. The van der Waals surface area contributed by atoms with Gasteiger partial charge in [0.2, 0.25) is 0 Å². The van der Waals surface area contributed by atoms with Crippen LogP contribution in [0.5, 0.6) is 0 Å². The molecule has 0 amide bonds. The van der Waals surface area contributed by atoms with Crippen LogP contribution >= 0.6 is 0 Å². The topological polar surface area (TPSA) is 50.4 Å². The van der Waals surface area contributed by atoms with E-state index < -0.39 is 5.60 Å². The Balaban J connectivity index is 2.81. The maximum Gasteiger partial charge on any atom is 0.155 e. The number of hydrogen-bond donors (Lipinski definition) is 1. The molecule has 2 aromatic rings. The van der Waals surface area contributed by atoms with E-state index in [2.05, 4.69) is 9.97 Å². The molecule has 0 aliphatic rings. The van der Waals surface area contributed by atoms with Gasteiger partial charge in [0.05, 0.1) is 17.6 Å². The van der Waals surface area contributed by atoms with E-state index in [0.717, 1.165) is 17.0 Å². The van der Waals surface area contributed by atoms with Gasteiger partial charge in [0, 0.05) is 12.4 Å². The Kier molecular flexibility index (Phi) is 1.82. The number of nitrogens with zero attached hydrogens (tertiary/aromatic N) is 3. The highest BCUT2D eigenvalue weighted by Gasteiger charge is 2.23. The van der Waals surface area contributed by atoms with Gasteiger partial charge in [0.25, 0.3) is 0 Å². The van der Waals surface area contributed by atoms with Crippen LogP contribution in [-0.2, 0) is 5.60 Å². The first kappa shape index (κ1) is 9.15. The number of aliphatic hydroxyl groups is 1. The average Bonchev–Trinajstić information content (AvgIpc) is 2.38. The summed E-state index contributed by atoms with van der Waals surface area (Å²) in [7, 11) is 0. The van der Waals surface area contributed by atoms with E-state index in [4.69, 9.17) is 0 Å².